The van der Waals surface area contributed by atoms with Crippen molar-refractivity contribution in [2.75, 3.05) is 24.0 Å². The number of carbonyl (C=O) groups is 2. The first kappa shape index (κ1) is 12.7. The molecule has 5 heteroatoms. The van der Waals surface area contributed by atoms with Crippen LogP contribution >= 0.6 is 0 Å². The van der Waals surface area contributed by atoms with Crippen molar-refractivity contribution in [3.05, 3.63) is 29.8 Å². The van der Waals surface area contributed by atoms with Crippen LogP contribution in [0.1, 0.15) is 10.4 Å². The van der Waals surface area contributed by atoms with E-state index in [1.165, 1.54) is 11.2 Å². The number of hydrogen-bond donors (Lipinski definition) is 0. The molecule has 0 aromatic heterocycles. The van der Waals surface area contributed by atoms with Gasteiger partial charge in [0.15, 0.2) is 5.75 Å². The van der Waals surface area contributed by atoms with Crippen molar-refractivity contribution in [3.8, 4) is 0 Å². The summed E-state index contributed by atoms with van der Waals surface area (Å²) in [6.07, 6.45) is 2.11. The van der Waals surface area contributed by atoms with Gasteiger partial charge in [0, 0.05) is 12.6 Å². The third-order valence-corrected chi connectivity index (χ3v) is 2.75. The summed E-state index contributed by atoms with van der Waals surface area (Å²) in [5, 5.41) is 0. The van der Waals surface area contributed by atoms with E-state index in [9.17, 15) is 14.1 Å². The van der Waals surface area contributed by atoms with Crippen molar-refractivity contribution in [1.29, 1.82) is 0 Å². The molecule has 1 atom stereocenters. The third-order valence-electron chi connectivity index (χ3n) is 2.08. The zero-order valence-corrected chi connectivity index (χ0v) is 9.99. The fraction of sp³-hybridized carbons (Fsp3) is 0.273. The number of para-hydroxylation sites is 1. The maximum absolute atomic E-state index is 11.8. The Kier molecular flexibility index (Phi) is 4.52. The minimum atomic E-state index is -1.18. The summed E-state index contributed by atoms with van der Waals surface area (Å²) >= 11 is -1.18. The van der Waals surface area contributed by atoms with E-state index in [2.05, 4.69) is 0 Å². The second-order valence-corrected chi connectivity index (χ2v) is 4.81. The molecule has 1 aromatic carbocycles. The highest BCUT2D eigenvalue weighted by molar-refractivity contribution is 7.91. The molecule has 1 rings (SSSR count). The maximum Gasteiger partial charge on any atom is 0.213 e. The Balaban J connectivity index is 3.03. The van der Waals surface area contributed by atoms with E-state index in [1.807, 2.05) is 0 Å². The number of rotatable bonds is 5. The molecule has 0 bridgehead atoms. The molecule has 1 unspecified atom stereocenters. The van der Waals surface area contributed by atoms with Crippen LogP contribution in [-0.4, -0.2) is 35.8 Å². The number of amides is 1. The SMILES string of the molecule is CN(C=O)c1ccccc1C(=O)C[S+](C)[O-]. The lowest BCUT2D eigenvalue weighted by atomic mass is 10.1. The lowest BCUT2D eigenvalue weighted by Gasteiger charge is -2.15. The van der Waals surface area contributed by atoms with E-state index in [1.54, 1.807) is 31.3 Å². The molecule has 0 N–H and O–H groups in total. The van der Waals surface area contributed by atoms with Gasteiger partial charge in [-0.1, -0.05) is 12.1 Å². The smallest absolute Gasteiger partial charge is 0.213 e. The quantitative estimate of drug-likeness (QED) is 0.434. The van der Waals surface area contributed by atoms with Crippen LogP contribution in [0.15, 0.2) is 24.3 Å². The van der Waals surface area contributed by atoms with Crippen LogP contribution in [0, 0.1) is 0 Å². The fourth-order valence-corrected chi connectivity index (χ4v) is 1.86. The van der Waals surface area contributed by atoms with Gasteiger partial charge in [0.2, 0.25) is 12.2 Å². The summed E-state index contributed by atoms with van der Waals surface area (Å²) in [5.74, 6) is -0.242. The molecule has 0 saturated heterocycles. The molecule has 1 amide bonds. The molecule has 0 fully saturated rings. The Hall–Kier alpha value is -1.33. The topological polar surface area (TPSA) is 60.4 Å². The van der Waals surface area contributed by atoms with Crippen LogP contribution in [0.2, 0.25) is 0 Å². The van der Waals surface area contributed by atoms with Crippen LogP contribution < -0.4 is 4.90 Å². The number of ketones is 1. The number of hydrogen-bond acceptors (Lipinski definition) is 3. The summed E-state index contributed by atoms with van der Waals surface area (Å²) in [5.41, 5.74) is 0.959. The van der Waals surface area contributed by atoms with Crippen LogP contribution in [0.5, 0.6) is 0 Å². The van der Waals surface area contributed by atoms with Gasteiger partial charge in [-0.25, -0.2) is 0 Å². The number of carbonyl (C=O) groups excluding carboxylic acids is 2. The van der Waals surface area contributed by atoms with Crippen molar-refractivity contribution in [2.45, 2.75) is 0 Å². The van der Waals surface area contributed by atoms with Gasteiger partial charge in [0.05, 0.1) is 11.9 Å². The first-order valence-corrected chi connectivity index (χ1v) is 6.39. The summed E-state index contributed by atoms with van der Waals surface area (Å²) < 4.78 is 11.0. The highest BCUT2D eigenvalue weighted by Crippen LogP contribution is 2.19. The first-order chi connectivity index (χ1) is 7.56. The normalized spacial score (nSPS) is 11.9. The van der Waals surface area contributed by atoms with Gasteiger partial charge in [0.1, 0.15) is 0 Å². The van der Waals surface area contributed by atoms with Gasteiger partial charge in [-0.2, -0.15) is 0 Å². The molecule has 0 aliphatic carbocycles. The molecular formula is C11H13NO3S. The highest BCUT2D eigenvalue weighted by Gasteiger charge is 2.16. The molecule has 0 aliphatic rings. The fourth-order valence-electron chi connectivity index (χ4n) is 1.34. The Morgan fingerprint density at radius 2 is 2.12 bits per heavy atom. The predicted octanol–water partition coefficient (Wildman–Crippen LogP) is 0.840. The van der Waals surface area contributed by atoms with Crippen molar-refractivity contribution < 1.29 is 14.1 Å². The molecule has 1 aromatic rings. The number of nitrogens with zero attached hydrogens (tertiary/aromatic N) is 1. The summed E-state index contributed by atoms with van der Waals surface area (Å²) in [6.45, 7) is 0. The van der Waals surface area contributed by atoms with Gasteiger partial charge < -0.3 is 9.45 Å². The van der Waals surface area contributed by atoms with Gasteiger partial charge in [-0.3, -0.25) is 9.59 Å². The van der Waals surface area contributed by atoms with Gasteiger partial charge in [0.25, 0.3) is 0 Å². The second-order valence-electron chi connectivity index (χ2n) is 3.37. The summed E-state index contributed by atoms with van der Waals surface area (Å²) in [4.78, 5) is 23.7. The van der Waals surface area contributed by atoms with E-state index in [-0.39, 0.29) is 11.5 Å². The molecule has 16 heavy (non-hydrogen) atoms. The Morgan fingerprint density at radius 3 is 2.69 bits per heavy atom. The minimum absolute atomic E-state index is 0.0241. The van der Waals surface area contributed by atoms with Gasteiger partial charge >= 0.3 is 0 Å². The summed E-state index contributed by atoms with van der Waals surface area (Å²) in [6, 6.07) is 6.77. The first-order valence-electron chi connectivity index (χ1n) is 4.66. The molecule has 86 valence electrons. The second kappa shape index (κ2) is 5.67. The standard InChI is InChI=1S/C11H13NO3S/c1-12(8-13)10-6-4-3-5-9(10)11(14)7-16(2)15/h3-6,8H,7H2,1-2H3. The van der Waals surface area contributed by atoms with Crippen molar-refractivity contribution in [2.24, 2.45) is 0 Å². The van der Waals surface area contributed by atoms with Crippen molar-refractivity contribution >= 4 is 29.1 Å². The molecule has 0 radical (unpaired) electrons. The van der Waals surface area contributed by atoms with E-state index in [0.29, 0.717) is 17.7 Å². The van der Waals surface area contributed by atoms with Crippen LogP contribution in [0.3, 0.4) is 0 Å². The molecule has 0 aliphatic heterocycles. The Labute approximate surface area is 97.4 Å². The molecule has 0 spiro atoms. The predicted molar refractivity (Wildman–Crippen MR) is 64.2 cm³/mol. The number of Topliss-reactive ketones (excluding diaryl/α,β-unsaturated/α-hetero) is 1. The van der Waals surface area contributed by atoms with E-state index >= 15 is 0 Å². The zero-order chi connectivity index (χ0) is 12.1. The van der Waals surface area contributed by atoms with Crippen LogP contribution in [0.25, 0.3) is 0 Å². The average Bonchev–Trinajstić information content (AvgIpc) is 2.27. The van der Waals surface area contributed by atoms with Gasteiger partial charge in [-0.15, -0.1) is 0 Å². The number of anilines is 1. The number of benzene rings is 1. The summed E-state index contributed by atoms with van der Waals surface area (Å²) in [7, 11) is 1.57. The maximum atomic E-state index is 11.8. The monoisotopic (exact) mass is 239 g/mol. The van der Waals surface area contributed by atoms with Crippen LogP contribution in [0.4, 0.5) is 5.69 Å². The Morgan fingerprint density at radius 1 is 1.50 bits per heavy atom. The third kappa shape index (κ3) is 3.08. The molecule has 0 saturated carbocycles. The van der Waals surface area contributed by atoms with E-state index in [4.69, 9.17) is 0 Å². The molecule has 0 heterocycles. The van der Waals surface area contributed by atoms with Gasteiger partial charge in [-0.05, 0) is 23.3 Å². The lowest BCUT2D eigenvalue weighted by Crippen LogP contribution is -2.20. The molecule has 4 nitrogen and oxygen atoms in total. The largest absolute Gasteiger partial charge is 0.616 e. The highest BCUT2D eigenvalue weighted by atomic mass is 32.2. The molecular weight excluding hydrogens is 226 g/mol. The van der Waals surface area contributed by atoms with Crippen molar-refractivity contribution in [1.82, 2.24) is 0 Å². The van der Waals surface area contributed by atoms with E-state index in [0.717, 1.165) is 0 Å². The van der Waals surface area contributed by atoms with Crippen LogP contribution in [-0.2, 0) is 16.0 Å². The average molecular weight is 239 g/mol. The minimum Gasteiger partial charge on any atom is -0.616 e. The van der Waals surface area contributed by atoms with E-state index < -0.39 is 11.2 Å². The lowest BCUT2D eigenvalue weighted by molar-refractivity contribution is -0.107. The van der Waals surface area contributed by atoms with Crippen molar-refractivity contribution in [3.63, 3.8) is 0 Å². The Bertz CT molecular complexity index is 393. The zero-order valence-electron chi connectivity index (χ0n) is 9.17.